The molecule has 0 unspecified atom stereocenters. The van der Waals surface area contributed by atoms with Gasteiger partial charge in [0.05, 0.1) is 12.5 Å². The van der Waals surface area contributed by atoms with Crippen LogP contribution in [-0.4, -0.2) is 47.5 Å². The average Bonchev–Trinajstić information content (AvgIpc) is 2.74. The number of benzene rings is 1. The summed E-state index contributed by atoms with van der Waals surface area (Å²) in [5, 5.41) is 0.487. The number of nitrogens with two attached hydrogens (primary N) is 1. The Hall–Kier alpha value is -2.41. The van der Waals surface area contributed by atoms with Gasteiger partial charge in [-0.25, -0.2) is 4.98 Å². The summed E-state index contributed by atoms with van der Waals surface area (Å²) in [7, 11) is 1.55. The molecule has 0 bridgehead atoms. The normalized spacial score (nSPS) is 14.5. The first-order chi connectivity index (χ1) is 13.6. The molecule has 1 saturated heterocycles. The molecule has 3 N–H and O–H groups in total. The summed E-state index contributed by atoms with van der Waals surface area (Å²) in [5.41, 5.74) is 5.93. The summed E-state index contributed by atoms with van der Waals surface area (Å²) in [6.45, 7) is 6.29. The number of amides is 1. The fraction of sp³-hybridized carbons (Fsp3) is 0.571. The molecule has 0 saturated carbocycles. The first-order valence-electron chi connectivity index (χ1n) is 10.2. The summed E-state index contributed by atoms with van der Waals surface area (Å²) >= 11 is 0. The Bertz CT molecular complexity index is 826. The largest absolute Gasteiger partial charge is 0.494 e. The van der Waals surface area contributed by atoms with Gasteiger partial charge in [-0.05, 0) is 43.9 Å². The van der Waals surface area contributed by atoms with E-state index in [1.807, 2.05) is 18.7 Å². The molecule has 7 nitrogen and oxygen atoms in total. The van der Waals surface area contributed by atoms with Gasteiger partial charge in [0, 0.05) is 25.9 Å². The zero-order chi connectivity index (χ0) is 20.5. The molecular weight excluding hydrogens is 356 g/mol. The predicted molar refractivity (Wildman–Crippen MR) is 112 cm³/mol. The highest BCUT2D eigenvalue weighted by atomic mass is 16.5. The highest BCUT2D eigenvalue weighted by Gasteiger charge is 2.22. The summed E-state index contributed by atoms with van der Waals surface area (Å²) in [6, 6.07) is 5.24. The van der Waals surface area contributed by atoms with Crippen LogP contribution in [0.1, 0.15) is 45.4 Å². The monoisotopic (exact) mass is 388 g/mol. The molecule has 7 heteroatoms. The van der Waals surface area contributed by atoms with E-state index in [0.29, 0.717) is 47.8 Å². The van der Waals surface area contributed by atoms with Crippen LogP contribution in [0.15, 0.2) is 23.0 Å². The molecule has 2 aromatic rings. The third-order valence-electron chi connectivity index (χ3n) is 5.09. The van der Waals surface area contributed by atoms with Crippen molar-refractivity contribution < 1.29 is 9.53 Å². The van der Waals surface area contributed by atoms with Crippen molar-refractivity contribution in [2.24, 2.45) is 11.7 Å². The van der Waals surface area contributed by atoms with E-state index in [1.165, 1.54) is 0 Å². The number of nitrogens with one attached hydrogen (secondary N) is 1. The smallest absolute Gasteiger partial charge is 0.258 e. The number of carbonyl (C=O) groups is 1. The van der Waals surface area contributed by atoms with Gasteiger partial charge in [-0.3, -0.25) is 9.59 Å². The van der Waals surface area contributed by atoms with Crippen LogP contribution >= 0.6 is 0 Å². The molecule has 1 fully saturated rings. The predicted octanol–water partition coefficient (Wildman–Crippen LogP) is 2.48. The highest BCUT2D eigenvalue weighted by Crippen LogP contribution is 2.22. The molecule has 1 aliphatic rings. The molecule has 1 aromatic heterocycles. The summed E-state index contributed by atoms with van der Waals surface area (Å²) in [4.78, 5) is 33.9. The average molecular weight is 389 g/mol. The van der Waals surface area contributed by atoms with Crippen molar-refractivity contribution in [3.63, 3.8) is 0 Å². The molecule has 1 aliphatic heterocycles. The van der Waals surface area contributed by atoms with Gasteiger partial charge in [-0.15, -0.1) is 0 Å². The van der Waals surface area contributed by atoms with Crippen LogP contribution in [0.5, 0.6) is 5.75 Å². The van der Waals surface area contributed by atoms with Gasteiger partial charge >= 0.3 is 0 Å². The number of likely N-dealkylation sites (tertiary alicyclic amines) is 1. The fourth-order valence-electron chi connectivity index (χ4n) is 3.56. The molecular formula is C21H32N4O3. The van der Waals surface area contributed by atoms with Crippen molar-refractivity contribution in [1.29, 1.82) is 0 Å². The van der Waals surface area contributed by atoms with Crippen molar-refractivity contribution >= 4 is 16.8 Å². The fourth-order valence-corrected chi connectivity index (χ4v) is 3.56. The Morgan fingerprint density at radius 2 is 2.04 bits per heavy atom. The van der Waals surface area contributed by atoms with E-state index in [-0.39, 0.29) is 11.5 Å². The zero-order valence-corrected chi connectivity index (χ0v) is 17.2. The van der Waals surface area contributed by atoms with Crippen molar-refractivity contribution in [3.05, 3.63) is 34.4 Å². The Morgan fingerprint density at radius 3 is 2.68 bits per heavy atom. The summed E-state index contributed by atoms with van der Waals surface area (Å²) in [5.74, 6) is 1.82. The minimum absolute atomic E-state index is 0.110. The number of carbonyl (C=O) groups excluding carboxylic acids is 1. The number of para-hydroxylation sites is 1. The molecule has 3 rings (SSSR count). The number of aromatic amines is 1. The number of rotatable bonds is 6. The lowest BCUT2D eigenvalue weighted by Gasteiger charge is -2.32. The van der Waals surface area contributed by atoms with E-state index < -0.39 is 0 Å². The van der Waals surface area contributed by atoms with E-state index in [0.717, 1.165) is 32.4 Å². The van der Waals surface area contributed by atoms with Gasteiger partial charge in [-0.2, -0.15) is 0 Å². The Balaban J connectivity index is 0.00000136. The Labute approximate surface area is 166 Å². The first-order valence-corrected chi connectivity index (χ1v) is 10.2. The zero-order valence-electron chi connectivity index (χ0n) is 17.2. The molecule has 0 aliphatic carbocycles. The van der Waals surface area contributed by atoms with Crippen molar-refractivity contribution in [2.75, 3.05) is 26.7 Å². The number of piperidine rings is 1. The molecule has 0 atom stereocenters. The third kappa shape index (κ3) is 5.32. The van der Waals surface area contributed by atoms with Gasteiger partial charge in [0.2, 0.25) is 5.91 Å². The second-order valence-corrected chi connectivity index (χ2v) is 6.77. The number of methoxy groups -OCH3 is 1. The lowest BCUT2D eigenvalue weighted by atomic mass is 9.93. The quantitative estimate of drug-likeness (QED) is 0.792. The minimum atomic E-state index is -0.209. The van der Waals surface area contributed by atoms with E-state index in [2.05, 4.69) is 9.97 Å². The SMILES string of the molecule is CC.COc1cccc2c(=O)[nH]c(CCC(=O)N3CCC(CCN)CC3)nc12. The highest BCUT2D eigenvalue weighted by molar-refractivity contribution is 5.83. The van der Waals surface area contributed by atoms with Gasteiger partial charge in [0.1, 0.15) is 17.1 Å². The van der Waals surface area contributed by atoms with Crippen LogP contribution in [0, 0.1) is 5.92 Å². The molecule has 154 valence electrons. The van der Waals surface area contributed by atoms with Crippen LogP contribution in [0.4, 0.5) is 0 Å². The van der Waals surface area contributed by atoms with E-state index in [1.54, 1.807) is 25.3 Å². The number of hydrogen-bond donors (Lipinski definition) is 2. The van der Waals surface area contributed by atoms with Gasteiger partial charge in [0.15, 0.2) is 0 Å². The van der Waals surface area contributed by atoms with Crippen molar-refractivity contribution in [3.8, 4) is 5.75 Å². The van der Waals surface area contributed by atoms with Crippen molar-refractivity contribution in [2.45, 2.75) is 46.0 Å². The van der Waals surface area contributed by atoms with E-state index in [9.17, 15) is 9.59 Å². The van der Waals surface area contributed by atoms with Crippen LogP contribution in [0.2, 0.25) is 0 Å². The van der Waals surface area contributed by atoms with Crippen LogP contribution in [0.3, 0.4) is 0 Å². The maximum atomic E-state index is 12.5. The number of H-pyrrole nitrogens is 1. The van der Waals surface area contributed by atoms with Crippen molar-refractivity contribution in [1.82, 2.24) is 14.9 Å². The number of ether oxygens (including phenoxy) is 1. The lowest BCUT2D eigenvalue weighted by molar-refractivity contribution is -0.132. The van der Waals surface area contributed by atoms with E-state index >= 15 is 0 Å². The summed E-state index contributed by atoms with van der Waals surface area (Å²) < 4.78 is 5.29. The maximum Gasteiger partial charge on any atom is 0.258 e. The number of aromatic nitrogens is 2. The second-order valence-electron chi connectivity index (χ2n) is 6.77. The summed E-state index contributed by atoms with van der Waals surface area (Å²) in [6.07, 6.45) is 3.82. The first kappa shape index (κ1) is 21.9. The maximum absolute atomic E-state index is 12.5. The molecule has 0 radical (unpaired) electrons. The molecule has 2 heterocycles. The van der Waals surface area contributed by atoms with Gasteiger partial charge in [-0.1, -0.05) is 19.9 Å². The van der Waals surface area contributed by atoms with Gasteiger partial charge < -0.3 is 20.4 Å². The standard InChI is InChI=1S/C19H26N4O3.C2H6/c1-26-15-4-2-3-14-18(15)21-16(22-19(14)25)5-6-17(24)23-11-8-13(7-10-20)9-12-23;1-2/h2-4,13H,5-12,20H2,1H3,(H,21,22,25);1-2H3. The minimum Gasteiger partial charge on any atom is -0.494 e. The molecule has 28 heavy (non-hydrogen) atoms. The topological polar surface area (TPSA) is 101 Å². The Morgan fingerprint density at radius 1 is 1.32 bits per heavy atom. The molecule has 1 aromatic carbocycles. The third-order valence-corrected chi connectivity index (χ3v) is 5.09. The number of hydrogen-bond acceptors (Lipinski definition) is 5. The molecule has 1 amide bonds. The molecule has 0 spiro atoms. The second kappa shape index (κ2) is 10.8. The van der Waals surface area contributed by atoms with E-state index in [4.69, 9.17) is 10.5 Å². The number of fused-ring (bicyclic) bond motifs is 1. The van der Waals surface area contributed by atoms with Crippen LogP contribution < -0.4 is 16.0 Å². The lowest BCUT2D eigenvalue weighted by Crippen LogP contribution is -2.39. The Kier molecular flexibility index (Phi) is 8.44. The number of aryl methyl sites for hydroxylation is 1. The number of nitrogens with zero attached hydrogens (tertiary/aromatic N) is 2. The van der Waals surface area contributed by atoms with Crippen LogP contribution in [-0.2, 0) is 11.2 Å². The van der Waals surface area contributed by atoms with Crippen LogP contribution in [0.25, 0.3) is 10.9 Å². The van der Waals surface area contributed by atoms with Gasteiger partial charge in [0.25, 0.3) is 5.56 Å².